The molecule has 1 saturated heterocycles. The van der Waals surface area contributed by atoms with E-state index >= 15 is 0 Å². The van der Waals surface area contributed by atoms with Crippen molar-refractivity contribution in [1.82, 2.24) is 4.90 Å². The van der Waals surface area contributed by atoms with Gasteiger partial charge in [0.2, 0.25) is 11.8 Å². The topological polar surface area (TPSA) is 65.1 Å². The number of imide groups is 1. The van der Waals surface area contributed by atoms with E-state index in [0.29, 0.717) is 12.4 Å². The number of amides is 2. The van der Waals surface area contributed by atoms with Crippen LogP contribution in [0.1, 0.15) is 27.7 Å². The molecule has 1 aliphatic carbocycles. The predicted octanol–water partition coefficient (Wildman–Crippen LogP) is 3.11. The average Bonchev–Trinajstić information content (AvgIpc) is 3.07. The van der Waals surface area contributed by atoms with Crippen molar-refractivity contribution >= 4 is 30.5 Å². The molecule has 0 bridgehead atoms. The molecule has 0 unspecified atom stereocenters. The minimum absolute atomic E-state index is 0.235. The van der Waals surface area contributed by atoms with Crippen LogP contribution in [0, 0.1) is 11.8 Å². The highest BCUT2D eigenvalue weighted by Crippen LogP contribution is 2.44. The Morgan fingerprint density at radius 3 is 1.86 bits per heavy atom. The quantitative estimate of drug-likeness (QED) is 0.438. The van der Waals surface area contributed by atoms with Gasteiger partial charge in [-0.3, -0.25) is 14.5 Å². The van der Waals surface area contributed by atoms with Crippen LogP contribution in [-0.4, -0.2) is 58.0 Å². The van der Waals surface area contributed by atoms with E-state index in [1.807, 2.05) is 49.4 Å². The number of likely N-dealkylation sites (tertiary alicyclic amines) is 1. The molecule has 1 fully saturated rings. The van der Waals surface area contributed by atoms with Gasteiger partial charge < -0.3 is 13.9 Å². The Bertz CT molecular complexity index is 1060. The van der Waals surface area contributed by atoms with Gasteiger partial charge in [0.25, 0.3) is 0 Å². The number of methoxy groups -OCH3 is 1. The van der Waals surface area contributed by atoms with E-state index in [9.17, 15) is 9.59 Å². The zero-order chi connectivity index (χ0) is 25.4. The molecule has 0 N–H and O–H groups in total. The van der Waals surface area contributed by atoms with Gasteiger partial charge in [-0.1, -0.05) is 81.4 Å². The summed E-state index contributed by atoms with van der Waals surface area (Å²) in [7, 11) is 0.139. The van der Waals surface area contributed by atoms with Crippen molar-refractivity contribution in [2.45, 2.75) is 44.9 Å². The minimum atomic E-state index is -2.96. The monoisotopic (exact) mass is 493 g/mol. The molecule has 2 amide bonds. The fourth-order valence-corrected chi connectivity index (χ4v) is 10.1. The second-order valence-electron chi connectivity index (χ2n) is 10.2. The minimum Gasteiger partial charge on any atom is -0.535 e. The summed E-state index contributed by atoms with van der Waals surface area (Å²) in [6.07, 6.45) is 0.633. The van der Waals surface area contributed by atoms with Crippen LogP contribution in [0.4, 0.5) is 0 Å². The first kappa shape index (κ1) is 25.4. The van der Waals surface area contributed by atoms with Gasteiger partial charge in [0.05, 0.1) is 17.9 Å². The highest BCUT2D eigenvalue weighted by molar-refractivity contribution is 6.99. The Balaban J connectivity index is 1.92. The van der Waals surface area contributed by atoms with E-state index < -0.39 is 32.4 Å². The van der Waals surface area contributed by atoms with E-state index in [-0.39, 0.29) is 16.9 Å². The molecule has 6 nitrogen and oxygen atoms in total. The highest BCUT2D eigenvalue weighted by Gasteiger charge is 2.59. The summed E-state index contributed by atoms with van der Waals surface area (Å²) >= 11 is 0. The number of nitrogens with zero attached hydrogens (tertiary/aromatic N) is 1. The first-order valence-corrected chi connectivity index (χ1v) is 14.1. The van der Waals surface area contributed by atoms with Crippen LogP contribution in [-0.2, 0) is 23.5 Å². The zero-order valence-electron chi connectivity index (χ0n) is 21.4. The number of carbonyl (C=O) groups excluding carboxylic acids is 2. The molecule has 0 aromatic heterocycles. The molecule has 0 spiro atoms. The maximum absolute atomic E-state index is 13.2. The lowest BCUT2D eigenvalue weighted by molar-refractivity contribution is -0.139. The molecular formula is C28H35NO5Si. The molecule has 35 heavy (non-hydrogen) atoms. The summed E-state index contributed by atoms with van der Waals surface area (Å²) in [5, 5.41) is 1.98. The Hall–Kier alpha value is -2.74. The fourth-order valence-electron chi connectivity index (χ4n) is 5.59. The smallest absolute Gasteiger partial charge is 0.319 e. The van der Waals surface area contributed by atoms with Crippen molar-refractivity contribution in [3.63, 3.8) is 0 Å². The molecule has 186 valence electrons. The van der Waals surface area contributed by atoms with Gasteiger partial charge in [-0.25, -0.2) is 0 Å². The molecule has 1 aliphatic heterocycles. The van der Waals surface area contributed by atoms with Gasteiger partial charge >= 0.3 is 8.32 Å². The molecule has 0 saturated carbocycles. The van der Waals surface area contributed by atoms with Crippen molar-refractivity contribution in [1.29, 1.82) is 0 Å². The number of hydrogen-bond donors (Lipinski definition) is 0. The van der Waals surface area contributed by atoms with Gasteiger partial charge in [-0.05, 0) is 28.4 Å². The van der Waals surface area contributed by atoms with Crippen molar-refractivity contribution in [2.24, 2.45) is 11.8 Å². The second-order valence-corrected chi connectivity index (χ2v) is 14.4. The second kappa shape index (κ2) is 9.72. The van der Waals surface area contributed by atoms with Crippen LogP contribution >= 0.6 is 0 Å². The van der Waals surface area contributed by atoms with Crippen LogP contribution in [0.2, 0.25) is 5.04 Å². The Morgan fingerprint density at radius 1 is 0.886 bits per heavy atom. The third kappa shape index (κ3) is 4.15. The number of benzene rings is 2. The van der Waals surface area contributed by atoms with Crippen molar-refractivity contribution in [2.75, 3.05) is 20.8 Å². The number of ether oxygens (including phenoxy) is 2. The lowest BCUT2D eigenvalue weighted by atomic mass is 9.80. The summed E-state index contributed by atoms with van der Waals surface area (Å²) < 4.78 is 19.2. The van der Waals surface area contributed by atoms with Crippen LogP contribution in [0.15, 0.2) is 72.5 Å². The molecule has 2 aliphatic rings. The van der Waals surface area contributed by atoms with E-state index in [1.54, 1.807) is 7.11 Å². The van der Waals surface area contributed by atoms with Gasteiger partial charge in [0, 0.05) is 20.8 Å². The predicted molar refractivity (Wildman–Crippen MR) is 138 cm³/mol. The van der Waals surface area contributed by atoms with Crippen LogP contribution in [0.3, 0.4) is 0 Å². The van der Waals surface area contributed by atoms with E-state index in [0.717, 1.165) is 10.4 Å². The maximum atomic E-state index is 13.2. The first-order valence-electron chi connectivity index (χ1n) is 12.1. The molecule has 0 radical (unpaired) electrons. The standard InChI is InChI=1S/C28H35NO5Si/c1-7-33-21-18-22(25(32-6)24-23(21)26(30)29(5)27(24)31)34-35(28(2,3)4,19-14-10-8-11-15-19)20-16-12-9-13-17-20/h8-18,21,23-25H,7H2,1-6H3/t21-,23-,24-,25+/m0/s1. The van der Waals surface area contributed by atoms with Gasteiger partial charge in [-0.2, -0.15) is 0 Å². The molecule has 7 heteroatoms. The molecule has 2 aromatic rings. The Kier molecular flexibility index (Phi) is 7.04. The molecule has 4 rings (SSSR count). The van der Waals surface area contributed by atoms with Crippen LogP contribution < -0.4 is 10.4 Å². The number of hydrogen-bond acceptors (Lipinski definition) is 5. The van der Waals surface area contributed by atoms with E-state index in [4.69, 9.17) is 13.9 Å². The fraction of sp³-hybridized carbons (Fsp3) is 0.429. The largest absolute Gasteiger partial charge is 0.535 e. The van der Waals surface area contributed by atoms with Crippen molar-refractivity contribution in [3.8, 4) is 0 Å². The third-order valence-corrected chi connectivity index (χ3v) is 12.2. The van der Waals surface area contributed by atoms with Crippen molar-refractivity contribution in [3.05, 3.63) is 72.5 Å². The van der Waals surface area contributed by atoms with Crippen molar-refractivity contribution < 1.29 is 23.5 Å². The summed E-state index contributed by atoms with van der Waals surface area (Å²) in [5.74, 6) is -1.23. The summed E-state index contributed by atoms with van der Waals surface area (Å²) in [5.41, 5.74) is 0. The van der Waals surface area contributed by atoms with E-state index in [1.165, 1.54) is 11.9 Å². The maximum Gasteiger partial charge on any atom is 0.319 e. The zero-order valence-corrected chi connectivity index (χ0v) is 22.4. The number of carbonyl (C=O) groups is 2. The normalized spacial score (nSPS) is 24.9. The molecule has 2 aromatic carbocycles. The Labute approximate surface area is 209 Å². The van der Waals surface area contributed by atoms with Gasteiger partial charge in [-0.15, -0.1) is 0 Å². The molecule has 4 atom stereocenters. The summed E-state index contributed by atoms with van der Waals surface area (Å²) in [6.45, 7) is 8.90. The molecular weight excluding hydrogens is 458 g/mol. The third-order valence-electron chi connectivity index (χ3n) is 7.21. The number of fused-ring (bicyclic) bond motifs is 1. The summed E-state index contributed by atoms with van der Waals surface area (Å²) in [6, 6.07) is 20.6. The Morgan fingerprint density at radius 2 is 1.40 bits per heavy atom. The highest BCUT2D eigenvalue weighted by atomic mass is 28.4. The average molecular weight is 494 g/mol. The van der Waals surface area contributed by atoms with E-state index in [2.05, 4.69) is 45.0 Å². The summed E-state index contributed by atoms with van der Waals surface area (Å²) in [4.78, 5) is 27.4. The number of rotatable bonds is 7. The van der Waals surface area contributed by atoms with Gasteiger partial charge in [0.1, 0.15) is 11.9 Å². The van der Waals surface area contributed by atoms with Gasteiger partial charge in [0.15, 0.2) is 0 Å². The first-order chi connectivity index (χ1) is 16.7. The molecule has 1 heterocycles. The lowest BCUT2D eigenvalue weighted by Gasteiger charge is -2.46. The lowest BCUT2D eigenvalue weighted by Crippen LogP contribution is -2.67. The SMILES string of the molecule is CCO[C@H]1C=C(O[Si](c2ccccc2)(c2ccccc2)C(C)(C)C)[C@@H](OC)[C@H]2C(=O)N(C)C(=O)[C@H]21. The van der Waals surface area contributed by atoms with Crippen LogP contribution in [0.25, 0.3) is 0 Å². The van der Waals surface area contributed by atoms with Crippen LogP contribution in [0.5, 0.6) is 0 Å².